The van der Waals surface area contributed by atoms with Crippen LogP contribution >= 0.6 is 11.3 Å². The molecule has 0 radical (unpaired) electrons. The summed E-state index contributed by atoms with van der Waals surface area (Å²) in [5.41, 5.74) is 0.216. The van der Waals surface area contributed by atoms with E-state index >= 15 is 0 Å². The Labute approximate surface area is 133 Å². The standard InChI is InChI=1S/C17H19NO3S/c1-12-2-3-13(21-12)14-4-5-15(22-14)16(19)18-8-6-17(10-18)7-9-20-11-17/h2-5H,6-11H2,1H3/t17-/m1/s1. The van der Waals surface area contributed by atoms with Crippen molar-refractivity contribution in [2.24, 2.45) is 5.41 Å². The summed E-state index contributed by atoms with van der Waals surface area (Å²) < 4.78 is 11.2. The van der Waals surface area contributed by atoms with Gasteiger partial charge in [-0.1, -0.05) is 0 Å². The lowest BCUT2D eigenvalue weighted by Crippen LogP contribution is -2.32. The Hall–Kier alpha value is -1.59. The number of carbonyl (C=O) groups excluding carboxylic acids is 1. The molecule has 1 atom stereocenters. The van der Waals surface area contributed by atoms with Crippen LogP contribution in [-0.2, 0) is 4.74 Å². The van der Waals surface area contributed by atoms with Crippen molar-refractivity contribution in [1.82, 2.24) is 4.90 Å². The van der Waals surface area contributed by atoms with Gasteiger partial charge in [-0.05, 0) is 44.0 Å². The van der Waals surface area contributed by atoms with Crippen LogP contribution < -0.4 is 0 Å². The van der Waals surface area contributed by atoms with Crippen molar-refractivity contribution < 1.29 is 13.9 Å². The molecule has 2 aromatic heterocycles. The van der Waals surface area contributed by atoms with Gasteiger partial charge in [0.15, 0.2) is 0 Å². The highest BCUT2D eigenvalue weighted by Gasteiger charge is 2.43. The van der Waals surface area contributed by atoms with Gasteiger partial charge in [-0.3, -0.25) is 4.79 Å². The van der Waals surface area contributed by atoms with Crippen LogP contribution in [0.1, 0.15) is 28.3 Å². The highest BCUT2D eigenvalue weighted by atomic mass is 32.1. The zero-order valence-electron chi connectivity index (χ0n) is 12.6. The van der Waals surface area contributed by atoms with E-state index in [0.717, 1.165) is 60.4 Å². The molecule has 0 N–H and O–H groups in total. The molecule has 2 aliphatic heterocycles. The van der Waals surface area contributed by atoms with E-state index in [0.29, 0.717) is 0 Å². The molecule has 1 amide bonds. The van der Waals surface area contributed by atoms with Crippen LogP contribution in [0.4, 0.5) is 0 Å². The van der Waals surface area contributed by atoms with Crippen LogP contribution in [0.15, 0.2) is 28.7 Å². The molecule has 22 heavy (non-hydrogen) atoms. The Morgan fingerprint density at radius 1 is 1.27 bits per heavy atom. The number of amides is 1. The Bertz CT molecular complexity index is 696. The molecule has 2 fully saturated rings. The monoisotopic (exact) mass is 317 g/mol. The van der Waals surface area contributed by atoms with Gasteiger partial charge in [0.05, 0.1) is 16.4 Å². The SMILES string of the molecule is Cc1ccc(-c2ccc(C(=O)N3CC[C@@]4(CCOC4)C3)s2)o1. The first-order valence-electron chi connectivity index (χ1n) is 7.69. The molecule has 4 heterocycles. The Morgan fingerprint density at radius 2 is 2.18 bits per heavy atom. The second-order valence-corrected chi connectivity index (χ2v) is 7.44. The largest absolute Gasteiger partial charge is 0.461 e. The van der Waals surface area contributed by atoms with Gasteiger partial charge >= 0.3 is 0 Å². The van der Waals surface area contributed by atoms with E-state index < -0.39 is 0 Å². The average Bonchev–Trinajstić information content (AvgIpc) is 3.27. The number of ether oxygens (including phenoxy) is 1. The number of carbonyl (C=O) groups is 1. The third kappa shape index (κ3) is 2.38. The summed E-state index contributed by atoms with van der Waals surface area (Å²) in [5, 5.41) is 0. The maximum Gasteiger partial charge on any atom is 0.263 e. The fourth-order valence-electron chi connectivity index (χ4n) is 3.39. The molecule has 5 heteroatoms. The van der Waals surface area contributed by atoms with Crippen LogP contribution in [0.5, 0.6) is 0 Å². The maximum absolute atomic E-state index is 12.7. The van der Waals surface area contributed by atoms with E-state index in [2.05, 4.69) is 0 Å². The topological polar surface area (TPSA) is 42.7 Å². The number of hydrogen-bond acceptors (Lipinski definition) is 4. The van der Waals surface area contributed by atoms with Crippen LogP contribution in [0.2, 0.25) is 0 Å². The molecule has 2 aromatic rings. The molecular weight excluding hydrogens is 298 g/mol. The lowest BCUT2D eigenvalue weighted by molar-refractivity contribution is 0.0770. The van der Waals surface area contributed by atoms with E-state index in [-0.39, 0.29) is 11.3 Å². The summed E-state index contributed by atoms with van der Waals surface area (Å²) in [6.45, 7) is 5.24. The number of rotatable bonds is 2. The highest BCUT2D eigenvalue weighted by molar-refractivity contribution is 7.17. The number of furan rings is 1. The van der Waals surface area contributed by atoms with Crippen LogP contribution in [-0.4, -0.2) is 37.1 Å². The molecule has 0 aromatic carbocycles. The van der Waals surface area contributed by atoms with E-state index in [4.69, 9.17) is 9.15 Å². The number of thiophene rings is 1. The maximum atomic E-state index is 12.7. The van der Waals surface area contributed by atoms with E-state index in [1.807, 2.05) is 36.1 Å². The number of aryl methyl sites for hydroxylation is 1. The van der Waals surface area contributed by atoms with E-state index in [9.17, 15) is 4.79 Å². The van der Waals surface area contributed by atoms with Crippen molar-refractivity contribution in [3.05, 3.63) is 34.9 Å². The molecule has 1 spiro atoms. The zero-order valence-corrected chi connectivity index (χ0v) is 13.4. The number of hydrogen-bond donors (Lipinski definition) is 0. The lowest BCUT2D eigenvalue weighted by atomic mass is 9.87. The summed E-state index contributed by atoms with van der Waals surface area (Å²) >= 11 is 1.51. The predicted molar refractivity (Wildman–Crippen MR) is 85.1 cm³/mol. The molecule has 2 aliphatic rings. The summed E-state index contributed by atoms with van der Waals surface area (Å²) in [6, 6.07) is 7.79. The first kappa shape index (κ1) is 14.0. The van der Waals surface area contributed by atoms with Gasteiger partial charge in [0.25, 0.3) is 5.91 Å². The minimum atomic E-state index is 0.142. The molecular formula is C17H19NO3S. The third-order valence-corrected chi connectivity index (χ3v) is 5.80. The Morgan fingerprint density at radius 3 is 2.91 bits per heavy atom. The minimum Gasteiger partial charge on any atom is -0.461 e. The zero-order chi connectivity index (χ0) is 15.2. The van der Waals surface area contributed by atoms with E-state index in [1.54, 1.807) is 0 Å². The first-order chi connectivity index (χ1) is 10.7. The third-order valence-electron chi connectivity index (χ3n) is 4.71. The summed E-state index contributed by atoms with van der Waals surface area (Å²) in [4.78, 5) is 16.5. The number of nitrogens with zero attached hydrogens (tertiary/aromatic N) is 1. The Balaban J connectivity index is 1.50. The fraction of sp³-hybridized carbons (Fsp3) is 0.471. The summed E-state index contributed by atoms with van der Waals surface area (Å²) in [6.07, 6.45) is 2.15. The Kier molecular flexibility index (Phi) is 3.35. The van der Waals surface area contributed by atoms with Crippen molar-refractivity contribution in [3.8, 4) is 10.6 Å². The van der Waals surface area contributed by atoms with Gasteiger partial charge in [0, 0.05) is 25.1 Å². The average molecular weight is 317 g/mol. The summed E-state index contributed by atoms with van der Waals surface area (Å²) in [7, 11) is 0. The van der Waals surface area contributed by atoms with Crippen molar-refractivity contribution in [2.45, 2.75) is 19.8 Å². The van der Waals surface area contributed by atoms with Gasteiger partial charge in [-0.2, -0.15) is 0 Å². The molecule has 0 aliphatic carbocycles. The molecule has 116 valence electrons. The molecule has 0 saturated carbocycles. The van der Waals surface area contributed by atoms with Gasteiger partial charge in [0.2, 0.25) is 0 Å². The molecule has 0 bridgehead atoms. The quantitative estimate of drug-likeness (QED) is 0.850. The second-order valence-electron chi connectivity index (χ2n) is 6.35. The smallest absolute Gasteiger partial charge is 0.263 e. The molecule has 4 nitrogen and oxygen atoms in total. The van der Waals surface area contributed by atoms with Gasteiger partial charge in [-0.15, -0.1) is 11.3 Å². The predicted octanol–water partition coefficient (Wildman–Crippen LogP) is 3.57. The summed E-state index contributed by atoms with van der Waals surface area (Å²) in [5.74, 6) is 1.87. The van der Waals surface area contributed by atoms with Crippen LogP contribution in [0.3, 0.4) is 0 Å². The minimum absolute atomic E-state index is 0.142. The fourth-order valence-corrected chi connectivity index (χ4v) is 4.32. The molecule has 4 rings (SSSR count). The van der Waals surface area contributed by atoms with Gasteiger partial charge in [0.1, 0.15) is 11.5 Å². The van der Waals surface area contributed by atoms with Crippen LogP contribution in [0, 0.1) is 12.3 Å². The van der Waals surface area contributed by atoms with Crippen molar-refractivity contribution >= 4 is 17.2 Å². The van der Waals surface area contributed by atoms with Crippen molar-refractivity contribution in [2.75, 3.05) is 26.3 Å². The van der Waals surface area contributed by atoms with Crippen molar-refractivity contribution in [1.29, 1.82) is 0 Å². The van der Waals surface area contributed by atoms with Gasteiger partial charge < -0.3 is 14.1 Å². The van der Waals surface area contributed by atoms with Crippen LogP contribution in [0.25, 0.3) is 10.6 Å². The number of likely N-dealkylation sites (tertiary alicyclic amines) is 1. The first-order valence-corrected chi connectivity index (χ1v) is 8.51. The van der Waals surface area contributed by atoms with E-state index in [1.165, 1.54) is 11.3 Å². The second kappa shape index (κ2) is 5.25. The van der Waals surface area contributed by atoms with Gasteiger partial charge in [-0.25, -0.2) is 0 Å². The molecule has 0 unspecified atom stereocenters. The van der Waals surface area contributed by atoms with Crippen molar-refractivity contribution in [3.63, 3.8) is 0 Å². The molecule has 2 saturated heterocycles. The normalized spacial score (nSPS) is 24.5. The lowest BCUT2D eigenvalue weighted by Gasteiger charge is -2.21. The highest BCUT2D eigenvalue weighted by Crippen LogP contribution is 2.39.